The molecule has 0 unspecified atom stereocenters. The van der Waals surface area contributed by atoms with Crippen LogP contribution in [-0.4, -0.2) is 38.5 Å². The van der Waals surface area contributed by atoms with E-state index >= 15 is 0 Å². The van der Waals surface area contributed by atoms with Crippen LogP contribution >= 0.6 is 15.9 Å². The highest BCUT2D eigenvalue weighted by Gasteiger charge is 2.29. The van der Waals surface area contributed by atoms with Gasteiger partial charge >= 0.3 is 5.97 Å². The molecule has 2 aromatic heterocycles. The highest BCUT2D eigenvalue weighted by molar-refractivity contribution is 9.10. The van der Waals surface area contributed by atoms with Crippen LogP contribution in [0.2, 0.25) is 0 Å². The van der Waals surface area contributed by atoms with Crippen LogP contribution in [0.1, 0.15) is 43.2 Å². The van der Waals surface area contributed by atoms with E-state index in [9.17, 15) is 4.79 Å². The number of aryl methyl sites for hydroxylation is 1. The lowest BCUT2D eigenvalue weighted by molar-refractivity contribution is -0.140. The number of aromatic nitrogens is 4. The van der Waals surface area contributed by atoms with Gasteiger partial charge in [-0.25, -0.2) is 0 Å². The van der Waals surface area contributed by atoms with E-state index in [0.717, 1.165) is 21.4 Å². The number of fused-ring (bicyclic) bond motifs is 3. The van der Waals surface area contributed by atoms with Crippen molar-refractivity contribution < 1.29 is 10.9 Å². The minimum Gasteiger partial charge on any atom is -0.469 e. The Morgan fingerprint density at radius 3 is 2.96 bits per heavy atom. The second-order valence-corrected chi connectivity index (χ2v) is 7.21. The van der Waals surface area contributed by atoms with Crippen molar-refractivity contribution in [3.8, 4) is 5.69 Å². The number of hydrogen-bond donors (Lipinski definition) is 0. The fourth-order valence-electron chi connectivity index (χ4n) is 3.24. The normalized spacial score (nSPS) is 15.7. The number of carbonyl (C=O) groups is 1. The van der Waals surface area contributed by atoms with Crippen molar-refractivity contribution in [2.75, 3.05) is 7.11 Å². The summed E-state index contributed by atoms with van der Waals surface area (Å²) in [6, 6.07) is 11.1. The van der Waals surface area contributed by atoms with Crippen molar-refractivity contribution in [3.63, 3.8) is 0 Å². The Morgan fingerprint density at radius 2 is 2.21 bits per heavy atom. The average molecular weight is 441 g/mol. The van der Waals surface area contributed by atoms with E-state index in [1.54, 1.807) is 6.20 Å². The molecule has 0 spiro atoms. The predicted molar refractivity (Wildman–Crippen MR) is 108 cm³/mol. The lowest BCUT2D eigenvalue weighted by Crippen LogP contribution is -2.09. The molecule has 3 heterocycles. The summed E-state index contributed by atoms with van der Waals surface area (Å²) in [4.78, 5) is 21.2. The third kappa shape index (κ3) is 3.35. The van der Waals surface area contributed by atoms with Gasteiger partial charge in [0.2, 0.25) is 0 Å². The fraction of sp³-hybridized carbons (Fsp3) is 0.250. The van der Waals surface area contributed by atoms with Gasteiger partial charge in [0.15, 0.2) is 5.82 Å². The molecule has 0 bridgehead atoms. The zero-order valence-electron chi connectivity index (χ0n) is 16.2. The van der Waals surface area contributed by atoms with Crippen LogP contribution in [0.15, 0.2) is 52.1 Å². The summed E-state index contributed by atoms with van der Waals surface area (Å²) in [5.74, 6) is 0.811. The number of hydrogen-bond acceptors (Lipinski definition) is 6. The van der Waals surface area contributed by atoms with Crippen molar-refractivity contribution in [2.24, 2.45) is 4.99 Å². The molecule has 1 aliphatic rings. The van der Waals surface area contributed by atoms with Crippen LogP contribution in [-0.2, 0) is 9.53 Å². The van der Waals surface area contributed by atoms with Gasteiger partial charge in [-0.1, -0.05) is 22.0 Å². The van der Waals surface area contributed by atoms with Crippen molar-refractivity contribution in [3.05, 3.63) is 70.0 Å². The van der Waals surface area contributed by atoms with Gasteiger partial charge in [0.1, 0.15) is 11.9 Å². The van der Waals surface area contributed by atoms with E-state index in [1.807, 2.05) is 41.0 Å². The number of carbonyl (C=O) groups excluding carboxylic acids is 1. The molecule has 0 saturated heterocycles. The molecular formula is C20H18BrN5O2. The molecule has 142 valence electrons. The van der Waals surface area contributed by atoms with E-state index in [2.05, 4.69) is 31.1 Å². The monoisotopic (exact) mass is 440 g/mol. The van der Waals surface area contributed by atoms with E-state index in [-0.39, 0.29) is 19.3 Å². The zero-order valence-corrected chi connectivity index (χ0v) is 16.8. The van der Waals surface area contributed by atoms with Crippen LogP contribution in [0.4, 0.5) is 0 Å². The molecule has 0 N–H and O–H groups in total. The molecule has 28 heavy (non-hydrogen) atoms. The smallest absolute Gasteiger partial charge is 0.305 e. The zero-order chi connectivity index (χ0) is 20.4. The van der Waals surface area contributed by atoms with Gasteiger partial charge in [-0.05, 0) is 43.7 Å². The molecule has 8 heteroatoms. The molecule has 3 aromatic rings. The SMILES string of the molecule is [2H]Cc1nnc2n1-c1ccc(Br)cc1C(c1ccccn1)=N[C@H]2CCC(=O)OC. The molecule has 0 radical (unpaired) electrons. The largest absolute Gasteiger partial charge is 0.469 e. The quantitative estimate of drug-likeness (QED) is 0.578. The maximum Gasteiger partial charge on any atom is 0.305 e. The minimum absolute atomic E-state index is 0.0227. The molecule has 1 aromatic carbocycles. The molecule has 0 amide bonds. The van der Waals surface area contributed by atoms with Gasteiger partial charge in [0.05, 0.1) is 24.2 Å². The van der Waals surface area contributed by atoms with Crippen LogP contribution in [0, 0.1) is 6.90 Å². The first-order chi connectivity index (χ1) is 14.1. The Morgan fingerprint density at radius 1 is 1.32 bits per heavy atom. The summed E-state index contributed by atoms with van der Waals surface area (Å²) in [6.07, 6.45) is 2.33. The number of methoxy groups -OCH3 is 1. The van der Waals surface area contributed by atoms with E-state index in [1.165, 1.54) is 7.11 Å². The fourth-order valence-corrected chi connectivity index (χ4v) is 3.60. The molecule has 4 rings (SSSR count). The van der Waals surface area contributed by atoms with Gasteiger partial charge in [0.25, 0.3) is 0 Å². The topological polar surface area (TPSA) is 82.3 Å². The second kappa shape index (κ2) is 7.63. The van der Waals surface area contributed by atoms with Gasteiger partial charge in [-0.3, -0.25) is 19.3 Å². The number of nitrogens with zero attached hydrogens (tertiary/aromatic N) is 5. The standard InChI is InChI=1S/C20H18BrN5O2/c1-12-24-25-20-16(7-9-18(27)28-2)23-19(15-5-3-4-10-22-15)14-11-13(21)6-8-17(14)26(12)20/h3-6,8,10-11,16H,7,9H2,1-2H3/t16-/m0/s1/i1D. The van der Waals surface area contributed by atoms with Crippen LogP contribution in [0.5, 0.6) is 0 Å². The van der Waals surface area contributed by atoms with Crippen LogP contribution in [0.3, 0.4) is 0 Å². The van der Waals surface area contributed by atoms with E-state index in [4.69, 9.17) is 11.1 Å². The molecule has 0 saturated carbocycles. The number of aliphatic imine (C=N–C) groups is 1. The molecule has 7 nitrogen and oxygen atoms in total. The summed E-state index contributed by atoms with van der Waals surface area (Å²) in [6.45, 7) is -0.0227. The van der Waals surface area contributed by atoms with E-state index < -0.39 is 6.04 Å². The minimum atomic E-state index is -0.426. The number of pyridine rings is 1. The third-order valence-electron chi connectivity index (χ3n) is 4.55. The molecule has 1 atom stereocenters. The maximum atomic E-state index is 11.8. The third-order valence-corrected chi connectivity index (χ3v) is 5.04. The molecule has 1 aliphatic heterocycles. The Hall–Kier alpha value is -2.87. The Bertz CT molecular complexity index is 1080. The maximum absolute atomic E-state index is 11.8. The van der Waals surface area contributed by atoms with E-state index in [0.29, 0.717) is 23.8 Å². The summed E-state index contributed by atoms with van der Waals surface area (Å²) >= 11 is 3.54. The van der Waals surface area contributed by atoms with Gasteiger partial charge in [-0.2, -0.15) is 0 Å². The highest BCUT2D eigenvalue weighted by atomic mass is 79.9. The van der Waals surface area contributed by atoms with Crippen LogP contribution in [0.25, 0.3) is 5.69 Å². The summed E-state index contributed by atoms with van der Waals surface area (Å²) in [5.41, 5.74) is 3.12. The second-order valence-electron chi connectivity index (χ2n) is 6.29. The molecular weight excluding hydrogens is 422 g/mol. The highest BCUT2D eigenvalue weighted by Crippen LogP contribution is 2.34. The number of esters is 1. The first-order valence-corrected chi connectivity index (χ1v) is 9.51. The Kier molecular flexibility index (Phi) is 4.70. The summed E-state index contributed by atoms with van der Waals surface area (Å²) in [5, 5.41) is 8.51. The predicted octanol–water partition coefficient (Wildman–Crippen LogP) is 3.58. The Balaban J connectivity index is 1.94. The average Bonchev–Trinajstić information content (AvgIpc) is 3.12. The van der Waals surface area contributed by atoms with Gasteiger partial charge in [-0.15, -0.1) is 10.2 Å². The number of benzene rings is 1. The summed E-state index contributed by atoms with van der Waals surface area (Å²) < 4.78 is 15.4. The first-order valence-electron chi connectivity index (χ1n) is 9.42. The first kappa shape index (κ1) is 17.2. The van der Waals surface area contributed by atoms with Crippen molar-refractivity contribution in [1.82, 2.24) is 19.7 Å². The number of rotatable bonds is 4. The lowest BCUT2D eigenvalue weighted by Gasteiger charge is -2.12. The summed E-state index contributed by atoms with van der Waals surface area (Å²) in [7, 11) is 1.37. The van der Waals surface area contributed by atoms with Crippen molar-refractivity contribution >= 4 is 27.6 Å². The van der Waals surface area contributed by atoms with Crippen LogP contribution < -0.4 is 0 Å². The van der Waals surface area contributed by atoms with Crippen molar-refractivity contribution in [2.45, 2.75) is 25.8 Å². The molecule has 0 aliphatic carbocycles. The van der Waals surface area contributed by atoms with Gasteiger partial charge in [0, 0.05) is 24.0 Å². The Labute approximate surface area is 172 Å². The number of halogens is 1. The van der Waals surface area contributed by atoms with Gasteiger partial charge < -0.3 is 4.74 Å². The lowest BCUT2D eigenvalue weighted by atomic mass is 10.0. The molecule has 0 fully saturated rings. The van der Waals surface area contributed by atoms with Crippen molar-refractivity contribution in [1.29, 1.82) is 0 Å². The number of ether oxygens (including phenoxy) is 1.